The van der Waals surface area contributed by atoms with Crippen LogP contribution in [0.2, 0.25) is 0 Å². The lowest BCUT2D eigenvalue weighted by Gasteiger charge is -2.18. The molecule has 6 nitrogen and oxygen atoms in total. The SMILES string of the molecule is CCN(C)c1cccc(NC(=O)c2nn(Cc3ccccc3)c(=O)c3ccccc23)c1. The van der Waals surface area contributed by atoms with Gasteiger partial charge in [0.1, 0.15) is 0 Å². The van der Waals surface area contributed by atoms with Crippen LogP contribution in [-0.4, -0.2) is 29.3 Å². The summed E-state index contributed by atoms with van der Waals surface area (Å²) < 4.78 is 1.36. The molecule has 4 rings (SSSR count). The van der Waals surface area contributed by atoms with E-state index in [0.29, 0.717) is 23.0 Å². The molecule has 0 saturated carbocycles. The van der Waals surface area contributed by atoms with E-state index in [1.54, 1.807) is 24.3 Å². The topological polar surface area (TPSA) is 67.2 Å². The van der Waals surface area contributed by atoms with Crippen LogP contribution < -0.4 is 15.8 Å². The van der Waals surface area contributed by atoms with Gasteiger partial charge in [0, 0.05) is 30.4 Å². The molecule has 0 fully saturated rings. The molecule has 0 aliphatic heterocycles. The van der Waals surface area contributed by atoms with Crippen molar-refractivity contribution in [3.8, 4) is 0 Å². The van der Waals surface area contributed by atoms with Crippen LogP contribution in [0.4, 0.5) is 11.4 Å². The van der Waals surface area contributed by atoms with Gasteiger partial charge in [0.2, 0.25) is 0 Å². The molecule has 3 aromatic carbocycles. The van der Waals surface area contributed by atoms with Crippen molar-refractivity contribution in [3.05, 3.63) is 100 Å². The minimum atomic E-state index is -0.352. The van der Waals surface area contributed by atoms with Crippen molar-refractivity contribution in [2.24, 2.45) is 0 Å². The number of anilines is 2. The number of rotatable bonds is 6. The first-order valence-corrected chi connectivity index (χ1v) is 10.2. The van der Waals surface area contributed by atoms with Crippen molar-refractivity contribution in [2.45, 2.75) is 13.5 Å². The van der Waals surface area contributed by atoms with E-state index < -0.39 is 0 Å². The molecular formula is C25H24N4O2. The molecular weight excluding hydrogens is 388 g/mol. The summed E-state index contributed by atoms with van der Waals surface area (Å²) in [4.78, 5) is 28.3. The Morgan fingerprint density at radius 3 is 2.42 bits per heavy atom. The van der Waals surface area contributed by atoms with Gasteiger partial charge in [-0.3, -0.25) is 9.59 Å². The van der Waals surface area contributed by atoms with E-state index >= 15 is 0 Å². The van der Waals surface area contributed by atoms with Gasteiger partial charge < -0.3 is 10.2 Å². The molecule has 0 saturated heterocycles. The third-order valence-electron chi connectivity index (χ3n) is 5.28. The second kappa shape index (κ2) is 8.83. The second-order valence-electron chi connectivity index (χ2n) is 7.36. The maximum Gasteiger partial charge on any atom is 0.276 e. The molecule has 0 radical (unpaired) electrons. The van der Waals surface area contributed by atoms with Crippen molar-refractivity contribution in [1.29, 1.82) is 0 Å². The molecule has 0 bridgehead atoms. The number of amides is 1. The highest BCUT2D eigenvalue weighted by molar-refractivity contribution is 6.11. The van der Waals surface area contributed by atoms with Gasteiger partial charge in [0.25, 0.3) is 11.5 Å². The number of aromatic nitrogens is 2. The molecule has 1 heterocycles. The van der Waals surface area contributed by atoms with Crippen LogP contribution in [0.3, 0.4) is 0 Å². The molecule has 0 aliphatic rings. The minimum Gasteiger partial charge on any atom is -0.375 e. The van der Waals surface area contributed by atoms with Crippen LogP contribution in [0.15, 0.2) is 83.7 Å². The third-order valence-corrected chi connectivity index (χ3v) is 5.28. The van der Waals surface area contributed by atoms with Crippen LogP contribution >= 0.6 is 0 Å². The fraction of sp³-hybridized carbons (Fsp3) is 0.160. The molecule has 1 amide bonds. The molecule has 0 atom stereocenters. The maximum absolute atomic E-state index is 13.2. The Bertz CT molecular complexity index is 1280. The molecule has 1 aromatic heterocycles. The van der Waals surface area contributed by atoms with Gasteiger partial charge in [-0.05, 0) is 36.8 Å². The molecule has 0 spiro atoms. The predicted molar refractivity (Wildman–Crippen MR) is 125 cm³/mol. The Labute approximate surface area is 180 Å². The van der Waals surface area contributed by atoms with Gasteiger partial charge in [0.05, 0.1) is 11.9 Å². The number of benzene rings is 3. The van der Waals surface area contributed by atoms with E-state index in [4.69, 9.17) is 0 Å². The molecule has 31 heavy (non-hydrogen) atoms. The van der Waals surface area contributed by atoms with Gasteiger partial charge in [-0.1, -0.05) is 54.6 Å². The first kappa shape index (κ1) is 20.3. The first-order valence-electron chi connectivity index (χ1n) is 10.2. The Morgan fingerprint density at radius 1 is 0.968 bits per heavy atom. The number of hydrogen-bond donors (Lipinski definition) is 1. The fourth-order valence-corrected chi connectivity index (χ4v) is 3.46. The Hall–Kier alpha value is -3.93. The average Bonchev–Trinajstić information content (AvgIpc) is 2.81. The zero-order valence-corrected chi connectivity index (χ0v) is 17.6. The first-order chi connectivity index (χ1) is 15.1. The number of fused-ring (bicyclic) bond motifs is 1. The summed E-state index contributed by atoms with van der Waals surface area (Å²) in [6, 6.07) is 24.3. The number of nitrogens with zero attached hydrogens (tertiary/aromatic N) is 3. The average molecular weight is 412 g/mol. The van der Waals surface area contributed by atoms with Crippen molar-refractivity contribution >= 4 is 28.1 Å². The highest BCUT2D eigenvalue weighted by atomic mass is 16.2. The van der Waals surface area contributed by atoms with Crippen LogP contribution in [0.5, 0.6) is 0 Å². The standard InChI is InChI=1S/C25H24N4O2/c1-3-28(2)20-13-9-12-19(16-20)26-24(30)23-21-14-7-8-15-22(21)25(31)29(27-23)17-18-10-5-4-6-11-18/h4-16H,3,17H2,1-2H3,(H,26,30). The summed E-state index contributed by atoms with van der Waals surface area (Å²) in [7, 11) is 2.00. The molecule has 0 unspecified atom stereocenters. The summed E-state index contributed by atoms with van der Waals surface area (Å²) in [6.45, 7) is 3.22. The van der Waals surface area contributed by atoms with Crippen molar-refractivity contribution in [1.82, 2.24) is 9.78 Å². The highest BCUT2D eigenvalue weighted by Gasteiger charge is 2.17. The van der Waals surface area contributed by atoms with E-state index in [1.807, 2.05) is 61.6 Å². The summed E-state index contributed by atoms with van der Waals surface area (Å²) in [5.41, 5.74) is 2.62. The second-order valence-corrected chi connectivity index (χ2v) is 7.36. The molecule has 0 aliphatic carbocycles. The maximum atomic E-state index is 13.2. The molecule has 4 aromatic rings. The van der Waals surface area contributed by atoms with Gasteiger partial charge in [-0.2, -0.15) is 5.10 Å². The monoisotopic (exact) mass is 412 g/mol. The number of carbonyl (C=O) groups is 1. The molecule has 156 valence electrons. The summed E-state index contributed by atoms with van der Waals surface area (Å²) in [5, 5.41) is 8.39. The van der Waals surface area contributed by atoms with E-state index in [-0.39, 0.29) is 17.2 Å². The van der Waals surface area contributed by atoms with E-state index in [1.165, 1.54) is 4.68 Å². The lowest BCUT2D eigenvalue weighted by molar-refractivity contribution is 0.102. The van der Waals surface area contributed by atoms with Gasteiger partial charge in [-0.15, -0.1) is 0 Å². The smallest absolute Gasteiger partial charge is 0.276 e. The molecule has 6 heteroatoms. The Morgan fingerprint density at radius 2 is 1.68 bits per heavy atom. The third kappa shape index (κ3) is 4.33. The van der Waals surface area contributed by atoms with Crippen molar-refractivity contribution in [2.75, 3.05) is 23.8 Å². The van der Waals surface area contributed by atoms with E-state index in [9.17, 15) is 9.59 Å². The Kier molecular flexibility index (Phi) is 5.80. The summed E-state index contributed by atoms with van der Waals surface area (Å²) in [5.74, 6) is -0.352. The zero-order chi connectivity index (χ0) is 21.8. The molecule has 1 N–H and O–H groups in total. The quantitative estimate of drug-likeness (QED) is 0.517. The van der Waals surface area contributed by atoms with E-state index in [2.05, 4.69) is 22.2 Å². The van der Waals surface area contributed by atoms with Crippen LogP contribution in [-0.2, 0) is 6.54 Å². The van der Waals surface area contributed by atoms with Crippen molar-refractivity contribution < 1.29 is 4.79 Å². The zero-order valence-electron chi connectivity index (χ0n) is 17.6. The lowest BCUT2D eigenvalue weighted by atomic mass is 10.1. The number of hydrogen-bond acceptors (Lipinski definition) is 4. The normalized spacial score (nSPS) is 10.8. The van der Waals surface area contributed by atoms with E-state index in [0.717, 1.165) is 17.8 Å². The largest absolute Gasteiger partial charge is 0.375 e. The van der Waals surface area contributed by atoms with Crippen LogP contribution in [0.1, 0.15) is 23.0 Å². The summed E-state index contributed by atoms with van der Waals surface area (Å²) >= 11 is 0. The number of carbonyl (C=O) groups excluding carboxylic acids is 1. The predicted octanol–water partition coefficient (Wildman–Crippen LogP) is 4.15. The number of nitrogens with one attached hydrogen (secondary N) is 1. The van der Waals surface area contributed by atoms with Crippen LogP contribution in [0.25, 0.3) is 10.8 Å². The van der Waals surface area contributed by atoms with Crippen molar-refractivity contribution in [3.63, 3.8) is 0 Å². The fourth-order valence-electron chi connectivity index (χ4n) is 3.46. The summed E-state index contributed by atoms with van der Waals surface area (Å²) in [6.07, 6.45) is 0. The van der Waals surface area contributed by atoms with Crippen LogP contribution in [0, 0.1) is 0 Å². The lowest BCUT2D eigenvalue weighted by Crippen LogP contribution is -2.28. The van der Waals surface area contributed by atoms with Gasteiger partial charge >= 0.3 is 0 Å². The highest BCUT2D eigenvalue weighted by Crippen LogP contribution is 2.20. The van der Waals surface area contributed by atoms with Gasteiger partial charge in [-0.25, -0.2) is 4.68 Å². The Balaban J connectivity index is 1.73. The van der Waals surface area contributed by atoms with Gasteiger partial charge in [0.15, 0.2) is 5.69 Å². The minimum absolute atomic E-state index is 0.220.